The Bertz CT molecular complexity index is 466. The molecule has 1 unspecified atom stereocenters. The Kier molecular flexibility index (Phi) is 4.58. The Morgan fingerprint density at radius 2 is 2.37 bits per heavy atom. The number of hydrogen-bond acceptors (Lipinski definition) is 4. The highest BCUT2D eigenvalue weighted by molar-refractivity contribution is 6.29. The SMILES string of the molecule is CCCc1nc(Cl)cc(N2CCC(NC(C)=O)C2)n1. The van der Waals surface area contributed by atoms with Crippen LogP contribution in [-0.4, -0.2) is 35.0 Å². The second kappa shape index (κ2) is 6.19. The molecule has 0 aromatic carbocycles. The summed E-state index contributed by atoms with van der Waals surface area (Å²) in [5.74, 6) is 1.66. The van der Waals surface area contributed by atoms with E-state index in [1.54, 1.807) is 13.0 Å². The van der Waals surface area contributed by atoms with E-state index in [-0.39, 0.29) is 11.9 Å². The summed E-state index contributed by atoms with van der Waals surface area (Å²) in [6.07, 6.45) is 2.76. The fourth-order valence-electron chi connectivity index (χ4n) is 2.32. The number of nitrogens with one attached hydrogen (secondary N) is 1. The number of carbonyl (C=O) groups is 1. The van der Waals surface area contributed by atoms with Crippen LogP contribution in [0.4, 0.5) is 5.82 Å². The van der Waals surface area contributed by atoms with Crippen molar-refractivity contribution in [1.82, 2.24) is 15.3 Å². The van der Waals surface area contributed by atoms with E-state index in [2.05, 4.69) is 27.1 Å². The summed E-state index contributed by atoms with van der Waals surface area (Å²) in [6.45, 7) is 5.29. The molecule has 1 saturated heterocycles. The molecule has 1 atom stereocenters. The van der Waals surface area contributed by atoms with Crippen LogP contribution in [0.5, 0.6) is 0 Å². The maximum Gasteiger partial charge on any atom is 0.217 e. The van der Waals surface area contributed by atoms with Crippen molar-refractivity contribution in [2.75, 3.05) is 18.0 Å². The molecule has 5 nitrogen and oxygen atoms in total. The number of halogens is 1. The number of amides is 1. The summed E-state index contributed by atoms with van der Waals surface area (Å²) in [5.41, 5.74) is 0. The van der Waals surface area contributed by atoms with Crippen LogP contribution in [0.2, 0.25) is 5.15 Å². The summed E-state index contributed by atoms with van der Waals surface area (Å²) < 4.78 is 0. The zero-order valence-corrected chi connectivity index (χ0v) is 12.1. The highest BCUT2D eigenvalue weighted by Crippen LogP contribution is 2.21. The van der Waals surface area contributed by atoms with E-state index >= 15 is 0 Å². The number of anilines is 1. The highest BCUT2D eigenvalue weighted by atomic mass is 35.5. The van der Waals surface area contributed by atoms with Crippen molar-refractivity contribution in [1.29, 1.82) is 0 Å². The number of rotatable bonds is 4. The van der Waals surface area contributed by atoms with Crippen molar-refractivity contribution in [3.63, 3.8) is 0 Å². The van der Waals surface area contributed by atoms with Gasteiger partial charge in [-0.25, -0.2) is 9.97 Å². The lowest BCUT2D eigenvalue weighted by atomic mass is 10.2. The number of aryl methyl sites for hydroxylation is 1. The molecule has 0 saturated carbocycles. The van der Waals surface area contributed by atoms with Gasteiger partial charge in [0.1, 0.15) is 16.8 Å². The Labute approximate surface area is 118 Å². The molecule has 104 valence electrons. The van der Waals surface area contributed by atoms with Crippen molar-refractivity contribution < 1.29 is 4.79 Å². The van der Waals surface area contributed by atoms with Crippen LogP contribution in [0.15, 0.2) is 6.07 Å². The lowest BCUT2D eigenvalue weighted by Crippen LogP contribution is -2.35. The molecular weight excluding hydrogens is 264 g/mol. The monoisotopic (exact) mass is 282 g/mol. The molecule has 1 aliphatic rings. The molecule has 19 heavy (non-hydrogen) atoms. The summed E-state index contributed by atoms with van der Waals surface area (Å²) in [6, 6.07) is 1.98. The number of hydrogen-bond donors (Lipinski definition) is 1. The second-order valence-electron chi connectivity index (χ2n) is 4.85. The van der Waals surface area contributed by atoms with Gasteiger partial charge in [-0.05, 0) is 12.8 Å². The molecule has 1 amide bonds. The largest absolute Gasteiger partial charge is 0.354 e. The molecule has 1 N–H and O–H groups in total. The summed E-state index contributed by atoms with van der Waals surface area (Å²) in [5, 5.41) is 3.42. The Hall–Kier alpha value is -1.36. The van der Waals surface area contributed by atoms with E-state index in [1.165, 1.54) is 0 Å². The first-order chi connectivity index (χ1) is 9.08. The Morgan fingerprint density at radius 3 is 3.05 bits per heavy atom. The van der Waals surface area contributed by atoms with Crippen LogP contribution >= 0.6 is 11.6 Å². The average Bonchev–Trinajstić information content (AvgIpc) is 2.76. The van der Waals surface area contributed by atoms with Gasteiger partial charge in [0.2, 0.25) is 5.91 Å². The summed E-state index contributed by atoms with van der Waals surface area (Å²) in [7, 11) is 0. The third kappa shape index (κ3) is 3.80. The zero-order chi connectivity index (χ0) is 13.8. The maximum atomic E-state index is 11.1. The van der Waals surface area contributed by atoms with Crippen molar-refractivity contribution >= 4 is 23.3 Å². The number of aromatic nitrogens is 2. The molecule has 2 heterocycles. The van der Waals surface area contributed by atoms with Crippen LogP contribution in [0, 0.1) is 0 Å². The molecule has 1 aromatic rings. The van der Waals surface area contributed by atoms with E-state index in [4.69, 9.17) is 11.6 Å². The predicted octanol–water partition coefficient (Wildman–Crippen LogP) is 1.80. The van der Waals surface area contributed by atoms with Gasteiger partial charge in [-0.2, -0.15) is 0 Å². The zero-order valence-electron chi connectivity index (χ0n) is 11.3. The highest BCUT2D eigenvalue weighted by Gasteiger charge is 2.24. The number of nitrogens with zero attached hydrogens (tertiary/aromatic N) is 3. The summed E-state index contributed by atoms with van der Waals surface area (Å²) in [4.78, 5) is 22.0. The van der Waals surface area contributed by atoms with E-state index in [9.17, 15) is 4.79 Å². The van der Waals surface area contributed by atoms with Crippen molar-refractivity contribution in [2.45, 2.75) is 39.2 Å². The van der Waals surface area contributed by atoms with Gasteiger partial charge in [0.15, 0.2) is 0 Å². The van der Waals surface area contributed by atoms with E-state index < -0.39 is 0 Å². The van der Waals surface area contributed by atoms with Gasteiger partial charge in [0.25, 0.3) is 0 Å². The minimum absolute atomic E-state index is 0.0132. The van der Waals surface area contributed by atoms with Gasteiger partial charge in [0, 0.05) is 38.5 Å². The normalized spacial score (nSPS) is 18.7. The van der Waals surface area contributed by atoms with Crippen LogP contribution < -0.4 is 10.2 Å². The molecule has 1 aliphatic heterocycles. The van der Waals surface area contributed by atoms with Gasteiger partial charge < -0.3 is 10.2 Å². The van der Waals surface area contributed by atoms with E-state index in [0.717, 1.165) is 44.0 Å². The molecule has 0 bridgehead atoms. The van der Waals surface area contributed by atoms with Gasteiger partial charge >= 0.3 is 0 Å². The lowest BCUT2D eigenvalue weighted by molar-refractivity contribution is -0.119. The third-order valence-corrected chi connectivity index (χ3v) is 3.31. The van der Waals surface area contributed by atoms with E-state index in [1.807, 2.05) is 0 Å². The smallest absolute Gasteiger partial charge is 0.217 e. The second-order valence-corrected chi connectivity index (χ2v) is 5.23. The van der Waals surface area contributed by atoms with Crippen molar-refractivity contribution in [2.24, 2.45) is 0 Å². The lowest BCUT2D eigenvalue weighted by Gasteiger charge is -2.18. The van der Waals surface area contributed by atoms with Gasteiger partial charge in [-0.3, -0.25) is 4.79 Å². The fraction of sp³-hybridized carbons (Fsp3) is 0.615. The standard InChI is InChI=1S/C13H19ClN4O/c1-3-4-12-16-11(14)7-13(17-12)18-6-5-10(8-18)15-9(2)19/h7,10H,3-6,8H2,1-2H3,(H,15,19). The first-order valence-electron chi connectivity index (χ1n) is 6.64. The van der Waals surface area contributed by atoms with Crippen molar-refractivity contribution in [3.05, 3.63) is 17.0 Å². The molecule has 0 radical (unpaired) electrons. The van der Waals surface area contributed by atoms with Crippen LogP contribution in [0.3, 0.4) is 0 Å². The predicted molar refractivity (Wildman–Crippen MR) is 75.5 cm³/mol. The first-order valence-corrected chi connectivity index (χ1v) is 7.01. The van der Waals surface area contributed by atoms with Gasteiger partial charge in [-0.1, -0.05) is 18.5 Å². The van der Waals surface area contributed by atoms with Crippen LogP contribution in [0.25, 0.3) is 0 Å². The molecule has 6 heteroatoms. The Balaban J connectivity index is 2.08. The topological polar surface area (TPSA) is 58.1 Å². The minimum Gasteiger partial charge on any atom is -0.354 e. The molecule has 1 fully saturated rings. The van der Waals surface area contributed by atoms with E-state index in [0.29, 0.717) is 5.15 Å². The van der Waals surface area contributed by atoms with Crippen LogP contribution in [-0.2, 0) is 11.2 Å². The fourth-order valence-corrected chi connectivity index (χ4v) is 2.52. The minimum atomic E-state index is 0.0132. The molecule has 2 rings (SSSR count). The van der Waals surface area contributed by atoms with Gasteiger partial charge in [-0.15, -0.1) is 0 Å². The van der Waals surface area contributed by atoms with Gasteiger partial charge in [0.05, 0.1) is 0 Å². The maximum absolute atomic E-state index is 11.1. The van der Waals surface area contributed by atoms with Crippen LogP contribution in [0.1, 0.15) is 32.5 Å². The Morgan fingerprint density at radius 1 is 1.58 bits per heavy atom. The third-order valence-electron chi connectivity index (χ3n) is 3.12. The average molecular weight is 283 g/mol. The van der Waals surface area contributed by atoms with Crippen molar-refractivity contribution in [3.8, 4) is 0 Å². The molecule has 0 spiro atoms. The first kappa shape index (κ1) is 14.1. The molecule has 1 aromatic heterocycles. The quantitative estimate of drug-likeness (QED) is 0.856. The summed E-state index contributed by atoms with van der Waals surface area (Å²) >= 11 is 6.04. The number of carbonyl (C=O) groups excluding carboxylic acids is 1. The molecular formula is C13H19ClN4O. The molecule has 0 aliphatic carbocycles.